The van der Waals surface area contributed by atoms with E-state index in [2.05, 4.69) is 24.1 Å². The third kappa shape index (κ3) is 9.52. The second-order valence-electron chi connectivity index (χ2n) is 10.0. The minimum Gasteiger partial charge on any atom is -0.493 e. The van der Waals surface area contributed by atoms with E-state index in [1.807, 2.05) is 24.3 Å². The Bertz CT molecular complexity index is 896. The van der Waals surface area contributed by atoms with Gasteiger partial charge in [0.25, 0.3) is 0 Å². The number of aliphatic hydroxyl groups is 1. The fraction of sp³-hybridized carbons (Fsp3) is 0.552. The molecule has 0 bridgehead atoms. The Morgan fingerprint density at radius 1 is 1.06 bits per heavy atom. The highest BCUT2D eigenvalue weighted by Crippen LogP contribution is 2.28. The van der Waals surface area contributed by atoms with Gasteiger partial charge >= 0.3 is 0 Å². The van der Waals surface area contributed by atoms with Gasteiger partial charge in [-0.2, -0.15) is 0 Å². The van der Waals surface area contributed by atoms with Crippen LogP contribution in [0.2, 0.25) is 0 Å². The van der Waals surface area contributed by atoms with Crippen molar-refractivity contribution in [1.29, 1.82) is 0 Å². The number of likely N-dealkylation sites (tertiary alicyclic amines) is 1. The lowest BCUT2D eigenvalue weighted by Gasteiger charge is -2.35. The van der Waals surface area contributed by atoms with Crippen LogP contribution in [0.5, 0.6) is 5.75 Å². The Hall–Kier alpha value is -2.48. The fourth-order valence-corrected chi connectivity index (χ4v) is 4.57. The van der Waals surface area contributed by atoms with E-state index in [9.17, 15) is 9.18 Å². The first-order chi connectivity index (χ1) is 17.4. The standard InChI is InChI=1S/C29H41FN2O4/c1-22(2)21-36-27-9-5-24(6-10-27)20-31-29(34)28(19-23-3-7-26(30)8-4-23)25-11-13-32(14-12-25)15-17-35-18-16-33/h3-10,22,25,28,33H,11-21H2,1-2H3,(H,31,34)/t28-/m1/s1. The Balaban J connectivity index is 1.57. The molecule has 0 aromatic heterocycles. The van der Waals surface area contributed by atoms with Crippen molar-refractivity contribution in [3.05, 3.63) is 65.5 Å². The van der Waals surface area contributed by atoms with Crippen LogP contribution in [0.3, 0.4) is 0 Å². The van der Waals surface area contributed by atoms with Crippen molar-refractivity contribution >= 4 is 5.91 Å². The number of amides is 1. The maximum atomic E-state index is 13.4. The normalized spacial score (nSPS) is 15.7. The highest BCUT2D eigenvalue weighted by atomic mass is 19.1. The predicted molar refractivity (Wildman–Crippen MR) is 139 cm³/mol. The van der Waals surface area contributed by atoms with Crippen LogP contribution in [-0.4, -0.2) is 62.0 Å². The van der Waals surface area contributed by atoms with E-state index in [0.29, 0.717) is 38.7 Å². The number of aliphatic hydroxyl groups excluding tert-OH is 1. The zero-order valence-corrected chi connectivity index (χ0v) is 21.6. The summed E-state index contributed by atoms with van der Waals surface area (Å²) in [6.07, 6.45) is 2.46. The van der Waals surface area contributed by atoms with Crippen LogP contribution in [0.4, 0.5) is 4.39 Å². The molecule has 1 aliphatic rings. The summed E-state index contributed by atoms with van der Waals surface area (Å²) in [5.41, 5.74) is 2.00. The minimum atomic E-state index is -0.266. The Morgan fingerprint density at radius 3 is 2.36 bits per heavy atom. The number of hydrogen-bond donors (Lipinski definition) is 2. The van der Waals surface area contributed by atoms with E-state index in [4.69, 9.17) is 14.6 Å². The zero-order chi connectivity index (χ0) is 25.8. The van der Waals surface area contributed by atoms with Gasteiger partial charge in [-0.25, -0.2) is 4.39 Å². The Kier molecular flexibility index (Phi) is 11.7. The van der Waals surface area contributed by atoms with E-state index in [0.717, 1.165) is 49.4 Å². The molecular weight excluding hydrogens is 459 g/mol. The summed E-state index contributed by atoms with van der Waals surface area (Å²) in [5.74, 6) is 1.17. The van der Waals surface area contributed by atoms with E-state index in [1.54, 1.807) is 12.1 Å². The van der Waals surface area contributed by atoms with Crippen molar-refractivity contribution in [2.75, 3.05) is 46.1 Å². The molecule has 1 fully saturated rings. The van der Waals surface area contributed by atoms with E-state index < -0.39 is 0 Å². The monoisotopic (exact) mass is 500 g/mol. The zero-order valence-electron chi connectivity index (χ0n) is 21.6. The number of piperidine rings is 1. The lowest BCUT2D eigenvalue weighted by molar-refractivity contribution is -0.127. The number of nitrogens with zero attached hydrogens (tertiary/aromatic N) is 1. The highest BCUT2D eigenvalue weighted by molar-refractivity contribution is 5.79. The number of ether oxygens (including phenoxy) is 2. The first-order valence-electron chi connectivity index (χ1n) is 13.1. The van der Waals surface area contributed by atoms with Crippen LogP contribution in [0.25, 0.3) is 0 Å². The number of hydrogen-bond acceptors (Lipinski definition) is 5. The molecule has 2 aromatic carbocycles. The van der Waals surface area contributed by atoms with Gasteiger partial charge in [0.15, 0.2) is 0 Å². The number of nitrogens with one attached hydrogen (secondary N) is 1. The van der Waals surface area contributed by atoms with Gasteiger partial charge in [0.2, 0.25) is 5.91 Å². The fourth-order valence-electron chi connectivity index (χ4n) is 4.57. The van der Waals surface area contributed by atoms with Gasteiger partial charge in [-0.3, -0.25) is 4.79 Å². The Morgan fingerprint density at radius 2 is 1.72 bits per heavy atom. The van der Waals surface area contributed by atoms with Crippen LogP contribution < -0.4 is 10.1 Å². The van der Waals surface area contributed by atoms with Gasteiger partial charge in [0, 0.05) is 19.0 Å². The smallest absolute Gasteiger partial charge is 0.223 e. The summed E-state index contributed by atoms with van der Waals surface area (Å²) in [7, 11) is 0. The highest BCUT2D eigenvalue weighted by Gasteiger charge is 2.31. The average Bonchev–Trinajstić information content (AvgIpc) is 2.89. The van der Waals surface area contributed by atoms with Gasteiger partial charge < -0.3 is 24.8 Å². The topological polar surface area (TPSA) is 71.0 Å². The lowest BCUT2D eigenvalue weighted by atomic mass is 9.80. The number of carbonyl (C=O) groups excluding carboxylic acids is 1. The first-order valence-corrected chi connectivity index (χ1v) is 13.1. The van der Waals surface area contributed by atoms with Crippen molar-refractivity contribution < 1.29 is 23.8 Å². The molecular formula is C29H41FN2O4. The molecule has 36 heavy (non-hydrogen) atoms. The lowest BCUT2D eigenvalue weighted by Crippen LogP contribution is -2.43. The largest absolute Gasteiger partial charge is 0.493 e. The van der Waals surface area contributed by atoms with Crippen LogP contribution in [-0.2, 0) is 22.5 Å². The summed E-state index contributed by atoms with van der Waals surface area (Å²) >= 11 is 0. The van der Waals surface area contributed by atoms with Crippen molar-refractivity contribution in [2.45, 2.75) is 39.7 Å². The van der Waals surface area contributed by atoms with Crippen molar-refractivity contribution in [3.63, 3.8) is 0 Å². The summed E-state index contributed by atoms with van der Waals surface area (Å²) < 4.78 is 24.6. The molecule has 6 nitrogen and oxygen atoms in total. The van der Waals surface area contributed by atoms with Crippen LogP contribution in [0.15, 0.2) is 48.5 Å². The quantitative estimate of drug-likeness (QED) is 0.383. The second kappa shape index (κ2) is 14.9. The summed E-state index contributed by atoms with van der Waals surface area (Å²) in [6, 6.07) is 14.3. The summed E-state index contributed by atoms with van der Waals surface area (Å²) in [6.45, 7) is 9.04. The molecule has 1 heterocycles. The molecule has 1 aliphatic heterocycles. The number of rotatable bonds is 14. The molecule has 1 saturated heterocycles. The van der Waals surface area contributed by atoms with Crippen molar-refractivity contribution in [3.8, 4) is 5.75 Å². The molecule has 3 rings (SSSR count). The third-order valence-electron chi connectivity index (χ3n) is 6.67. The molecule has 1 amide bonds. The molecule has 0 unspecified atom stereocenters. The van der Waals surface area contributed by atoms with Gasteiger partial charge in [0.05, 0.1) is 26.4 Å². The molecule has 0 spiro atoms. The third-order valence-corrected chi connectivity index (χ3v) is 6.67. The molecule has 1 atom stereocenters. The number of halogens is 1. The van der Waals surface area contributed by atoms with Gasteiger partial charge in [-0.1, -0.05) is 38.1 Å². The molecule has 2 aromatic rings. The SMILES string of the molecule is CC(C)COc1ccc(CNC(=O)[C@H](Cc2ccc(F)cc2)C2CCN(CCOCCO)CC2)cc1. The van der Waals surface area contributed by atoms with Gasteiger partial charge in [-0.05, 0) is 79.6 Å². The van der Waals surface area contributed by atoms with Crippen LogP contribution in [0, 0.1) is 23.6 Å². The van der Waals surface area contributed by atoms with Gasteiger partial charge in [-0.15, -0.1) is 0 Å². The number of benzene rings is 2. The molecule has 0 aliphatic carbocycles. The van der Waals surface area contributed by atoms with Crippen molar-refractivity contribution in [1.82, 2.24) is 10.2 Å². The number of carbonyl (C=O) groups is 1. The molecule has 0 radical (unpaired) electrons. The first kappa shape index (κ1) is 28.1. The maximum absolute atomic E-state index is 13.4. The Labute approximate surface area is 214 Å². The predicted octanol–water partition coefficient (Wildman–Crippen LogP) is 4.06. The maximum Gasteiger partial charge on any atom is 0.223 e. The summed E-state index contributed by atoms with van der Waals surface area (Å²) in [4.78, 5) is 15.7. The van der Waals surface area contributed by atoms with Crippen LogP contribution >= 0.6 is 0 Å². The molecule has 0 saturated carbocycles. The van der Waals surface area contributed by atoms with Crippen LogP contribution in [0.1, 0.15) is 37.8 Å². The second-order valence-corrected chi connectivity index (χ2v) is 10.0. The van der Waals surface area contributed by atoms with Crippen molar-refractivity contribution in [2.24, 2.45) is 17.8 Å². The average molecular weight is 501 g/mol. The molecule has 198 valence electrons. The summed E-state index contributed by atoms with van der Waals surface area (Å²) in [5, 5.41) is 12.0. The molecule has 7 heteroatoms. The van der Waals surface area contributed by atoms with E-state index in [1.165, 1.54) is 12.1 Å². The van der Waals surface area contributed by atoms with Gasteiger partial charge in [0.1, 0.15) is 11.6 Å². The minimum absolute atomic E-state index is 0.0400. The molecule has 2 N–H and O–H groups in total. The van der Waals surface area contributed by atoms with E-state index in [-0.39, 0.29) is 30.2 Å². The van der Waals surface area contributed by atoms with E-state index >= 15 is 0 Å².